The number of nitrogens with zero attached hydrogens (tertiary/aromatic N) is 2. The third-order valence-electron chi connectivity index (χ3n) is 3.27. The van der Waals surface area contributed by atoms with Crippen molar-refractivity contribution < 1.29 is 4.74 Å². The Labute approximate surface area is 113 Å². The van der Waals surface area contributed by atoms with Crippen molar-refractivity contribution in [3.05, 3.63) is 16.3 Å². The average Bonchev–Trinajstić information content (AvgIpc) is 3.17. The molecule has 1 saturated carbocycles. The highest BCUT2D eigenvalue weighted by molar-refractivity contribution is 6.30. The van der Waals surface area contributed by atoms with Gasteiger partial charge in [0.2, 0.25) is 0 Å². The molecule has 0 saturated heterocycles. The van der Waals surface area contributed by atoms with Crippen LogP contribution in [-0.2, 0) is 4.74 Å². The number of nitrogens with one attached hydrogen (secondary N) is 1. The van der Waals surface area contributed by atoms with Crippen molar-refractivity contribution in [3.8, 4) is 0 Å². The Balaban J connectivity index is 1.67. The summed E-state index contributed by atoms with van der Waals surface area (Å²) < 4.78 is 5.57. The van der Waals surface area contributed by atoms with Crippen LogP contribution in [-0.4, -0.2) is 30.0 Å². The summed E-state index contributed by atoms with van der Waals surface area (Å²) in [6, 6.07) is 0. The van der Waals surface area contributed by atoms with E-state index < -0.39 is 0 Å². The van der Waals surface area contributed by atoms with Gasteiger partial charge in [0.05, 0.1) is 0 Å². The van der Waals surface area contributed by atoms with Gasteiger partial charge >= 0.3 is 0 Å². The summed E-state index contributed by atoms with van der Waals surface area (Å²) in [5.74, 6) is 1.66. The standard InChI is InChI=1S/C13H20ClN3O/c1-9-10(2)13(17-16-12(9)14)15-6-3-7-18-8-11-4-5-11/h11H,3-8H2,1-2H3,(H,15,17). The molecule has 18 heavy (non-hydrogen) atoms. The Morgan fingerprint density at radius 3 is 2.78 bits per heavy atom. The van der Waals surface area contributed by atoms with Crippen molar-refractivity contribution in [1.29, 1.82) is 0 Å². The highest BCUT2D eigenvalue weighted by atomic mass is 35.5. The van der Waals surface area contributed by atoms with Crippen molar-refractivity contribution >= 4 is 17.4 Å². The number of hydrogen-bond donors (Lipinski definition) is 1. The zero-order valence-electron chi connectivity index (χ0n) is 11.0. The molecular weight excluding hydrogens is 250 g/mol. The molecule has 0 aromatic carbocycles. The quantitative estimate of drug-likeness (QED) is 0.773. The Kier molecular flexibility index (Phi) is 4.78. The van der Waals surface area contributed by atoms with E-state index in [4.69, 9.17) is 16.3 Å². The molecule has 0 unspecified atom stereocenters. The van der Waals surface area contributed by atoms with Gasteiger partial charge in [0, 0.05) is 19.8 Å². The number of ether oxygens (including phenoxy) is 1. The van der Waals surface area contributed by atoms with E-state index in [2.05, 4.69) is 15.5 Å². The van der Waals surface area contributed by atoms with Gasteiger partial charge < -0.3 is 10.1 Å². The second-order valence-corrected chi connectivity index (χ2v) is 5.25. The SMILES string of the molecule is Cc1c(Cl)nnc(NCCCOCC2CC2)c1C. The Morgan fingerprint density at radius 1 is 1.28 bits per heavy atom. The van der Waals surface area contributed by atoms with Gasteiger partial charge in [-0.25, -0.2) is 0 Å². The van der Waals surface area contributed by atoms with Crippen LogP contribution in [0.1, 0.15) is 30.4 Å². The molecule has 0 radical (unpaired) electrons. The van der Waals surface area contributed by atoms with Gasteiger partial charge in [0.1, 0.15) is 0 Å². The molecule has 100 valence electrons. The van der Waals surface area contributed by atoms with Crippen LogP contribution in [0.4, 0.5) is 5.82 Å². The predicted molar refractivity (Wildman–Crippen MR) is 73.2 cm³/mol. The van der Waals surface area contributed by atoms with E-state index in [9.17, 15) is 0 Å². The summed E-state index contributed by atoms with van der Waals surface area (Å²) in [4.78, 5) is 0. The number of anilines is 1. The van der Waals surface area contributed by atoms with Crippen LogP contribution in [0.3, 0.4) is 0 Å². The number of aromatic nitrogens is 2. The normalized spacial score (nSPS) is 14.8. The molecule has 1 aliphatic carbocycles. The van der Waals surface area contributed by atoms with E-state index in [0.717, 1.165) is 49.0 Å². The molecule has 1 heterocycles. The average molecular weight is 270 g/mol. The van der Waals surface area contributed by atoms with Crippen LogP contribution >= 0.6 is 11.6 Å². The van der Waals surface area contributed by atoms with Crippen molar-refractivity contribution in [3.63, 3.8) is 0 Å². The first kappa shape index (κ1) is 13.6. The van der Waals surface area contributed by atoms with E-state index in [1.54, 1.807) is 0 Å². The van der Waals surface area contributed by atoms with Gasteiger partial charge in [0.25, 0.3) is 0 Å². The van der Waals surface area contributed by atoms with Crippen LogP contribution in [0.15, 0.2) is 0 Å². The van der Waals surface area contributed by atoms with Gasteiger partial charge in [-0.3, -0.25) is 0 Å². The lowest BCUT2D eigenvalue weighted by atomic mass is 10.2. The minimum atomic E-state index is 0.478. The molecule has 1 aromatic rings. The zero-order chi connectivity index (χ0) is 13.0. The lowest BCUT2D eigenvalue weighted by molar-refractivity contribution is 0.124. The van der Waals surface area contributed by atoms with Gasteiger partial charge in [-0.1, -0.05) is 11.6 Å². The maximum atomic E-state index is 5.90. The monoisotopic (exact) mass is 269 g/mol. The minimum absolute atomic E-state index is 0.478. The molecule has 1 aliphatic rings. The Hall–Kier alpha value is -0.870. The van der Waals surface area contributed by atoms with Gasteiger partial charge in [-0.05, 0) is 50.2 Å². The summed E-state index contributed by atoms with van der Waals surface area (Å²) in [5.41, 5.74) is 2.05. The fourth-order valence-electron chi connectivity index (χ4n) is 1.66. The molecular formula is C13H20ClN3O. The maximum absolute atomic E-state index is 5.90. The molecule has 1 aromatic heterocycles. The molecule has 1 N–H and O–H groups in total. The lowest BCUT2D eigenvalue weighted by Crippen LogP contribution is -2.10. The smallest absolute Gasteiger partial charge is 0.155 e. The van der Waals surface area contributed by atoms with Crippen molar-refractivity contribution in [2.75, 3.05) is 25.1 Å². The molecule has 5 heteroatoms. The summed E-state index contributed by atoms with van der Waals surface area (Å²) in [6.45, 7) is 6.54. The largest absolute Gasteiger partial charge is 0.381 e. The summed E-state index contributed by atoms with van der Waals surface area (Å²) in [5, 5.41) is 11.7. The third kappa shape index (κ3) is 3.82. The van der Waals surface area contributed by atoms with E-state index in [-0.39, 0.29) is 0 Å². The maximum Gasteiger partial charge on any atom is 0.155 e. The van der Waals surface area contributed by atoms with E-state index >= 15 is 0 Å². The molecule has 0 amide bonds. The number of rotatable bonds is 7. The van der Waals surface area contributed by atoms with Gasteiger partial charge in [-0.2, -0.15) is 0 Å². The highest BCUT2D eigenvalue weighted by Crippen LogP contribution is 2.28. The molecule has 0 aliphatic heterocycles. The van der Waals surface area contributed by atoms with E-state index in [1.165, 1.54) is 12.8 Å². The molecule has 0 atom stereocenters. The van der Waals surface area contributed by atoms with Crippen molar-refractivity contribution in [2.45, 2.75) is 33.1 Å². The van der Waals surface area contributed by atoms with Crippen LogP contribution in [0, 0.1) is 19.8 Å². The molecule has 0 bridgehead atoms. The fraction of sp³-hybridized carbons (Fsp3) is 0.692. The molecule has 2 rings (SSSR count). The summed E-state index contributed by atoms with van der Waals surface area (Å²) >= 11 is 5.90. The number of halogens is 1. The van der Waals surface area contributed by atoms with Gasteiger partial charge in [0.15, 0.2) is 11.0 Å². The van der Waals surface area contributed by atoms with Crippen molar-refractivity contribution in [2.24, 2.45) is 5.92 Å². The fourth-order valence-corrected chi connectivity index (χ4v) is 1.84. The summed E-state index contributed by atoms with van der Waals surface area (Å²) in [7, 11) is 0. The second-order valence-electron chi connectivity index (χ2n) is 4.89. The Bertz CT molecular complexity index is 407. The topological polar surface area (TPSA) is 47.0 Å². The first-order valence-corrected chi connectivity index (χ1v) is 6.87. The molecule has 4 nitrogen and oxygen atoms in total. The Morgan fingerprint density at radius 2 is 2.06 bits per heavy atom. The highest BCUT2D eigenvalue weighted by Gasteiger charge is 2.20. The van der Waals surface area contributed by atoms with Crippen LogP contribution in [0.5, 0.6) is 0 Å². The second kappa shape index (κ2) is 6.34. The zero-order valence-corrected chi connectivity index (χ0v) is 11.8. The predicted octanol–water partition coefficient (Wildman–Crippen LogP) is 2.98. The summed E-state index contributed by atoms with van der Waals surface area (Å²) in [6.07, 6.45) is 3.67. The number of hydrogen-bond acceptors (Lipinski definition) is 4. The van der Waals surface area contributed by atoms with E-state index in [1.807, 2.05) is 13.8 Å². The third-order valence-corrected chi connectivity index (χ3v) is 3.63. The lowest BCUT2D eigenvalue weighted by Gasteiger charge is -2.10. The molecule has 1 fully saturated rings. The molecule has 0 spiro atoms. The van der Waals surface area contributed by atoms with Crippen LogP contribution in [0.2, 0.25) is 5.15 Å². The first-order valence-electron chi connectivity index (χ1n) is 6.49. The van der Waals surface area contributed by atoms with Crippen molar-refractivity contribution in [1.82, 2.24) is 10.2 Å². The van der Waals surface area contributed by atoms with Crippen LogP contribution < -0.4 is 5.32 Å². The van der Waals surface area contributed by atoms with E-state index in [0.29, 0.717) is 5.15 Å². The minimum Gasteiger partial charge on any atom is -0.381 e. The van der Waals surface area contributed by atoms with Crippen LogP contribution in [0.25, 0.3) is 0 Å². The first-order chi connectivity index (χ1) is 8.68. The van der Waals surface area contributed by atoms with Gasteiger partial charge in [-0.15, -0.1) is 10.2 Å².